The maximum absolute atomic E-state index is 5.28. The van der Waals surface area contributed by atoms with Crippen molar-refractivity contribution in [2.24, 2.45) is 0 Å². The van der Waals surface area contributed by atoms with E-state index in [0.29, 0.717) is 5.65 Å². The molecule has 0 aliphatic rings. The SMILES string of the molecule is Nc1nnc2cc[nH]c2n1. The first-order chi connectivity index (χ1) is 4.86. The van der Waals surface area contributed by atoms with Crippen molar-refractivity contribution < 1.29 is 0 Å². The third-order valence-corrected chi connectivity index (χ3v) is 1.19. The fourth-order valence-corrected chi connectivity index (χ4v) is 0.765. The molecule has 2 aromatic rings. The van der Waals surface area contributed by atoms with E-state index in [-0.39, 0.29) is 5.95 Å². The molecule has 2 rings (SSSR count). The Morgan fingerprint density at radius 1 is 1.40 bits per heavy atom. The Morgan fingerprint density at radius 3 is 3.20 bits per heavy atom. The van der Waals surface area contributed by atoms with E-state index >= 15 is 0 Å². The number of rotatable bonds is 0. The van der Waals surface area contributed by atoms with Crippen LogP contribution in [0.4, 0.5) is 5.95 Å². The minimum absolute atomic E-state index is 0.190. The van der Waals surface area contributed by atoms with Crippen molar-refractivity contribution in [3.05, 3.63) is 12.3 Å². The number of hydrogen-bond donors (Lipinski definition) is 2. The van der Waals surface area contributed by atoms with Crippen molar-refractivity contribution in [3.63, 3.8) is 0 Å². The van der Waals surface area contributed by atoms with Crippen LogP contribution in [0.15, 0.2) is 12.3 Å². The largest absolute Gasteiger partial charge is 0.366 e. The van der Waals surface area contributed by atoms with Crippen LogP contribution in [0.5, 0.6) is 0 Å². The van der Waals surface area contributed by atoms with Crippen LogP contribution >= 0.6 is 0 Å². The van der Waals surface area contributed by atoms with Crippen LogP contribution in [0.2, 0.25) is 0 Å². The molecule has 0 atom stereocenters. The van der Waals surface area contributed by atoms with Gasteiger partial charge in [-0.15, -0.1) is 10.2 Å². The minimum atomic E-state index is 0.190. The Labute approximate surface area is 56.3 Å². The number of H-pyrrole nitrogens is 1. The standard InChI is InChI=1S/C5H5N5/c6-5-8-4-3(9-10-5)1-2-7-4/h1-2H,(H3,6,7,8,10). The smallest absolute Gasteiger partial charge is 0.242 e. The molecule has 0 saturated carbocycles. The molecular weight excluding hydrogens is 130 g/mol. The summed E-state index contributed by atoms with van der Waals surface area (Å²) in [6.07, 6.45) is 1.74. The molecule has 0 aliphatic heterocycles. The van der Waals surface area contributed by atoms with Gasteiger partial charge in [-0.05, 0) is 6.07 Å². The van der Waals surface area contributed by atoms with Gasteiger partial charge in [0, 0.05) is 6.20 Å². The number of aromatic amines is 1. The van der Waals surface area contributed by atoms with Gasteiger partial charge < -0.3 is 10.7 Å². The number of hydrogen-bond acceptors (Lipinski definition) is 4. The predicted molar refractivity (Wildman–Crippen MR) is 36.1 cm³/mol. The highest BCUT2D eigenvalue weighted by Gasteiger charge is 1.96. The molecule has 0 unspecified atom stereocenters. The van der Waals surface area contributed by atoms with Gasteiger partial charge in [-0.2, -0.15) is 4.98 Å². The zero-order valence-corrected chi connectivity index (χ0v) is 5.07. The third kappa shape index (κ3) is 0.604. The van der Waals surface area contributed by atoms with Gasteiger partial charge in [0.1, 0.15) is 5.52 Å². The molecule has 0 saturated heterocycles. The molecule has 0 amide bonds. The number of aromatic nitrogens is 4. The highest BCUT2D eigenvalue weighted by Crippen LogP contribution is 2.03. The first-order valence-corrected chi connectivity index (χ1v) is 2.79. The lowest BCUT2D eigenvalue weighted by Gasteiger charge is -1.87. The number of nitrogens with two attached hydrogens (primary N) is 1. The molecule has 10 heavy (non-hydrogen) atoms. The lowest BCUT2D eigenvalue weighted by molar-refractivity contribution is 1.04. The van der Waals surface area contributed by atoms with E-state index in [9.17, 15) is 0 Å². The van der Waals surface area contributed by atoms with Crippen LogP contribution < -0.4 is 5.73 Å². The average Bonchev–Trinajstić information content (AvgIpc) is 2.33. The quantitative estimate of drug-likeness (QED) is 0.530. The van der Waals surface area contributed by atoms with Gasteiger partial charge in [0.2, 0.25) is 5.95 Å². The molecule has 0 bridgehead atoms. The number of anilines is 1. The van der Waals surface area contributed by atoms with E-state index in [1.807, 2.05) is 0 Å². The van der Waals surface area contributed by atoms with E-state index in [2.05, 4.69) is 20.2 Å². The summed E-state index contributed by atoms with van der Waals surface area (Å²) in [5, 5.41) is 7.35. The van der Waals surface area contributed by atoms with Gasteiger partial charge in [0.05, 0.1) is 0 Å². The lowest BCUT2D eigenvalue weighted by Crippen LogP contribution is -1.96. The molecule has 5 heteroatoms. The molecule has 5 nitrogen and oxygen atoms in total. The van der Waals surface area contributed by atoms with Gasteiger partial charge in [-0.25, -0.2) is 0 Å². The molecule has 0 aromatic carbocycles. The van der Waals surface area contributed by atoms with Crippen molar-refractivity contribution in [3.8, 4) is 0 Å². The van der Waals surface area contributed by atoms with E-state index in [1.54, 1.807) is 12.3 Å². The highest BCUT2D eigenvalue weighted by atomic mass is 15.2. The van der Waals surface area contributed by atoms with Crippen LogP contribution in [-0.2, 0) is 0 Å². The second kappa shape index (κ2) is 1.66. The Kier molecular flexibility index (Phi) is 0.858. The predicted octanol–water partition coefficient (Wildman–Crippen LogP) is -0.0649. The topological polar surface area (TPSA) is 80.5 Å². The number of nitrogens with one attached hydrogen (secondary N) is 1. The number of fused-ring (bicyclic) bond motifs is 1. The molecule has 0 fully saturated rings. The van der Waals surface area contributed by atoms with Gasteiger partial charge in [-0.1, -0.05) is 0 Å². The van der Waals surface area contributed by atoms with Crippen molar-refractivity contribution in [1.82, 2.24) is 20.2 Å². The number of nitrogen functional groups attached to an aromatic ring is 1. The fourth-order valence-electron chi connectivity index (χ4n) is 0.765. The van der Waals surface area contributed by atoms with Crippen LogP contribution in [-0.4, -0.2) is 20.2 Å². The summed E-state index contributed by atoms with van der Waals surface area (Å²) in [6.45, 7) is 0. The van der Waals surface area contributed by atoms with Crippen LogP contribution in [0, 0.1) is 0 Å². The van der Waals surface area contributed by atoms with Crippen LogP contribution in [0.1, 0.15) is 0 Å². The van der Waals surface area contributed by atoms with Crippen molar-refractivity contribution in [2.75, 3.05) is 5.73 Å². The van der Waals surface area contributed by atoms with Crippen molar-refractivity contribution in [2.45, 2.75) is 0 Å². The van der Waals surface area contributed by atoms with Gasteiger partial charge in [0.25, 0.3) is 0 Å². The Hall–Kier alpha value is -1.65. The molecule has 3 N–H and O–H groups in total. The van der Waals surface area contributed by atoms with Gasteiger partial charge in [0.15, 0.2) is 5.65 Å². The summed E-state index contributed by atoms with van der Waals surface area (Å²) in [4.78, 5) is 6.75. The molecular formula is C5H5N5. The van der Waals surface area contributed by atoms with E-state index in [1.165, 1.54) is 0 Å². The monoisotopic (exact) mass is 135 g/mol. The maximum Gasteiger partial charge on any atom is 0.242 e. The van der Waals surface area contributed by atoms with E-state index in [4.69, 9.17) is 5.73 Å². The molecule has 0 aliphatic carbocycles. The van der Waals surface area contributed by atoms with Gasteiger partial charge in [-0.3, -0.25) is 0 Å². The first kappa shape index (κ1) is 5.16. The Morgan fingerprint density at radius 2 is 2.30 bits per heavy atom. The molecule has 0 spiro atoms. The molecule has 0 radical (unpaired) electrons. The van der Waals surface area contributed by atoms with Crippen LogP contribution in [0.3, 0.4) is 0 Å². The maximum atomic E-state index is 5.28. The number of nitrogens with zero attached hydrogens (tertiary/aromatic N) is 3. The summed E-state index contributed by atoms with van der Waals surface area (Å²) < 4.78 is 0. The highest BCUT2D eigenvalue weighted by molar-refractivity contribution is 5.69. The third-order valence-electron chi connectivity index (χ3n) is 1.19. The van der Waals surface area contributed by atoms with E-state index in [0.717, 1.165) is 5.52 Å². The summed E-state index contributed by atoms with van der Waals surface area (Å²) in [5.41, 5.74) is 6.68. The van der Waals surface area contributed by atoms with Crippen molar-refractivity contribution in [1.29, 1.82) is 0 Å². The van der Waals surface area contributed by atoms with Crippen molar-refractivity contribution >= 4 is 17.1 Å². The zero-order valence-electron chi connectivity index (χ0n) is 5.07. The Bertz CT molecular complexity index is 352. The summed E-state index contributed by atoms with van der Waals surface area (Å²) in [6, 6.07) is 1.79. The second-order valence-corrected chi connectivity index (χ2v) is 1.88. The zero-order chi connectivity index (χ0) is 6.97. The minimum Gasteiger partial charge on any atom is -0.366 e. The summed E-state index contributed by atoms with van der Waals surface area (Å²) >= 11 is 0. The Balaban J connectivity index is 2.86. The normalized spacial score (nSPS) is 10.4. The lowest BCUT2D eigenvalue weighted by atomic mass is 10.6. The molecule has 50 valence electrons. The first-order valence-electron chi connectivity index (χ1n) is 2.79. The van der Waals surface area contributed by atoms with Crippen LogP contribution in [0.25, 0.3) is 11.2 Å². The fraction of sp³-hybridized carbons (Fsp3) is 0. The van der Waals surface area contributed by atoms with E-state index < -0.39 is 0 Å². The summed E-state index contributed by atoms with van der Waals surface area (Å²) in [5.74, 6) is 0.190. The average molecular weight is 135 g/mol. The molecule has 2 heterocycles. The van der Waals surface area contributed by atoms with Gasteiger partial charge >= 0.3 is 0 Å². The second-order valence-electron chi connectivity index (χ2n) is 1.88. The summed E-state index contributed by atoms with van der Waals surface area (Å²) in [7, 11) is 0. The molecule has 2 aromatic heterocycles.